The van der Waals surface area contributed by atoms with Crippen LogP contribution in [0.2, 0.25) is 0 Å². The van der Waals surface area contributed by atoms with E-state index in [1.165, 1.54) is 6.42 Å². The van der Waals surface area contributed by atoms with Crippen molar-refractivity contribution in [3.63, 3.8) is 0 Å². The van der Waals surface area contributed by atoms with Gasteiger partial charge in [-0.05, 0) is 31.4 Å². The van der Waals surface area contributed by atoms with Gasteiger partial charge in [0.25, 0.3) is 0 Å². The molecule has 2 N–H and O–H groups in total. The molecule has 0 saturated heterocycles. The van der Waals surface area contributed by atoms with Gasteiger partial charge >= 0.3 is 0 Å². The quantitative estimate of drug-likeness (QED) is 0.814. The molecule has 0 aliphatic heterocycles. The van der Waals surface area contributed by atoms with E-state index in [0.717, 1.165) is 36.8 Å². The van der Waals surface area contributed by atoms with E-state index in [1.807, 2.05) is 13.0 Å². The van der Waals surface area contributed by atoms with Crippen molar-refractivity contribution in [1.29, 1.82) is 0 Å². The number of ketones is 1. The molecule has 1 aromatic rings. The summed E-state index contributed by atoms with van der Waals surface area (Å²) in [6, 6.07) is 1.89. The van der Waals surface area contributed by atoms with Crippen LogP contribution in [0.15, 0.2) is 18.5 Å². The zero-order chi connectivity index (χ0) is 12.3. The number of hydrogen-bond donors (Lipinski definition) is 1. The minimum Gasteiger partial charge on any atom is -0.329 e. The number of Topliss-reactive ketones (excluding diaryl/α,β-unsaturated/α-hetero) is 1. The normalized spacial score (nSPS) is 18.9. The van der Waals surface area contributed by atoms with Crippen molar-refractivity contribution < 1.29 is 4.79 Å². The average Bonchev–Trinajstić information content (AvgIpc) is 2.39. The molecule has 0 radical (unpaired) electrons. The fraction of sp³-hybridized carbons (Fsp3) is 0.571. The highest BCUT2D eigenvalue weighted by atomic mass is 16.1. The third-order valence-corrected chi connectivity index (χ3v) is 3.97. The molecule has 2 rings (SSSR count). The second-order valence-electron chi connectivity index (χ2n) is 5.06. The van der Waals surface area contributed by atoms with Crippen molar-refractivity contribution in [1.82, 2.24) is 4.98 Å². The summed E-state index contributed by atoms with van der Waals surface area (Å²) < 4.78 is 0. The van der Waals surface area contributed by atoms with Crippen molar-refractivity contribution in [2.45, 2.75) is 39.0 Å². The first-order chi connectivity index (χ1) is 8.19. The molecule has 1 fully saturated rings. The van der Waals surface area contributed by atoms with Gasteiger partial charge in [-0.15, -0.1) is 0 Å². The summed E-state index contributed by atoms with van der Waals surface area (Å²) in [6.07, 6.45) is 8.71. The zero-order valence-corrected chi connectivity index (χ0v) is 10.4. The number of aryl methyl sites for hydroxylation is 1. The lowest BCUT2D eigenvalue weighted by atomic mass is 9.69. The largest absolute Gasteiger partial charge is 0.329 e. The van der Waals surface area contributed by atoms with Gasteiger partial charge in [-0.25, -0.2) is 0 Å². The maximum Gasteiger partial charge on any atom is 0.172 e. The molecular weight excluding hydrogens is 212 g/mol. The summed E-state index contributed by atoms with van der Waals surface area (Å²) in [5.74, 6) is 0.199. The predicted octanol–water partition coefficient (Wildman–Crippen LogP) is 2.48. The molecule has 0 bridgehead atoms. The van der Waals surface area contributed by atoms with E-state index in [1.54, 1.807) is 12.4 Å². The molecule has 1 aromatic heterocycles. The van der Waals surface area contributed by atoms with Crippen LogP contribution in [0, 0.1) is 12.3 Å². The van der Waals surface area contributed by atoms with E-state index in [4.69, 9.17) is 5.73 Å². The monoisotopic (exact) mass is 232 g/mol. The summed E-state index contributed by atoms with van der Waals surface area (Å²) in [6.45, 7) is 2.42. The summed E-state index contributed by atoms with van der Waals surface area (Å²) in [5.41, 5.74) is 7.31. The van der Waals surface area contributed by atoms with Gasteiger partial charge in [0, 0.05) is 29.9 Å². The molecule has 0 spiro atoms. The number of aromatic nitrogens is 1. The number of pyridine rings is 1. The van der Waals surface area contributed by atoms with Crippen molar-refractivity contribution in [2.24, 2.45) is 11.1 Å². The first-order valence-electron chi connectivity index (χ1n) is 6.35. The Labute approximate surface area is 102 Å². The number of hydrogen-bond acceptors (Lipinski definition) is 3. The second-order valence-corrected chi connectivity index (χ2v) is 5.06. The van der Waals surface area contributed by atoms with Crippen molar-refractivity contribution in [2.75, 3.05) is 6.54 Å². The van der Waals surface area contributed by atoms with E-state index in [2.05, 4.69) is 4.98 Å². The lowest BCUT2D eigenvalue weighted by molar-refractivity contribution is 0.0728. The molecule has 0 amide bonds. The molecule has 3 nitrogen and oxygen atoms in total. The summed E-state index contributed by atoms with van der Waals surface area (Å²) in [5, 5.41) is 0. The minimum atomic E-state index is -0.327. The Morgan fingerprint density at radius 1 is 1.41 bits per heavy atom. The van der Waals surface area contributed by atoms with Crippen LogP contribution in [0.25, 0.3) is 0 Å². The molecule has 0 aromatic carbocycles. The first-order valence-corrected chi connectivity index (χ1v) is 6.35. The summed E-state index contributed by atoms with van der Waals surface area (Å²) >= 11 is 0. The van der Waals surface area contributed by atoms with Crippen molar-refractivity contribution >= 4 is 5.78 Å². The fourth-order valence-electron chi connectivity index (χ4n) is 2.74. The Balaban J connectivity index is 2.32. The highest BCUT2D eigenvalue weighted by molar-refractivity contribution is 6.01. The summed E-state index contributed by atoms with van der Waals surface area (Å²) in [4.78, 5) is 16.7. The van der Waals surface area contributed by atoms with Crippen LogP contribution in [-0.4, -0.2) is 17.3 Å². The van der Waals surface area contributed by atoms with Crippen LogP contribution in [0.3, 0.4) is 0 Å². The SMILES string of the molecule is Cc1ccncc1C(=O)C1(CN)CCCCC1. The second kappa shape index (κ2) is 4.96. The van der Waals surface area contributed by atoms with Gasteiger partial charge in [-0.3, -0.25) is 9.78 Å². The molecule has 0 unspecified atom stereocenters. The fourth-order valence-corrected chi connectivity index (χ4v) is 2.74. The number of carbonyl (C=O) groups is 1. The van der Waals surface area contributed by atoms with E-state index < -0.39 is 0 Å². The molecule has 1 saturated carbocycles. The van der Waals surface area contributed by atoms with Crippen LogP contribution < -0.4 is 5.73 Å². The predicted molar refractivity (Wildman–Crippen MR) is 67.9 cm³/mol. The molecule has 1 heterocycles. The van der Waals surface area contributed by atoms with Crippen LogP contribution in [0.4, 0.5) is 0 Å². The van der Waals surface area contributed by atoms with Gasteiger partial charge in [0.2, 0.25) is 0 Å². The molecule has 3 heteroatoms. The van der Waals surface area contributed by atoms with Crippen LogP contribution in [0.1, 0.15) is 48.0 Å². The smallest absolute Gasteiger partial charge is 0.172 e. The van der Waals surface area contributed by atoms with E-state index in [-0.39, 0.29) is 11.2 Å². The lowest BCUT2D eigenvalue weighted by Crippen LogP contribution is -2.40. The first kappa shape index (κ1) is 12.2. The molecule has 92 valence electrons. The Hall–Kier alpha value is -1.22. The topological polar surface area (TPSA) is 56.0 Å². The lowest BCUT2D eigenvalue weighted by Gasteiger charge is -2.34. The van der Waals surface area contributed by atoms with Gasteiger partial charge in [0.1, 0.15) is 0 Å². The highest BCUT2D eigenvalue weighted by Crippen LogP contribution is 2.38. The van der Waals surface area contributed by atoms with Crippen LogP contribution in [0.5, 0.6) is 0 Å². The van der Waals surface area contributed by atoms with Crippen LogP contribution >= 0.6 is 0 Å². The van der Waals surface area contributed by atoms with Crippen molar-refractivity contribution in [3.8, 4) is 0 Å². The maximum atomic E-state index is 12.7. The Morgan fingerprint density at radius 2 is 2.12 bits per heavy atom. The van der Waals surface area contributed by atoms with Gasteiger partial charge < -0.3 is 5.73 Å². The van der Waals surface area contributed by atoms with Gasteiger partial charge in [0.15, 0.2) is 5.78 Å². The minimum absolute atomic E-state index is 0.199. The van der Waals surface area contributed by atoms with E-state index in [9.17, 15) is 4.79 Å². The standard InChI is InChI=1S/C14H20N2O/c1-11-5-8-16-9-12(11)13(17)14(10-15)6-3-2-4-7-14/h5,8-9H,2-4,6-7,10,15H2,1H3. The Bertz CT molecular complexity index is 408. The molecular formula is C14H20N2O. The van der Waals surface area contributed by atoms with Gasteiger partial charge in [-0.1, -0.05) is 19.3 Å². The molecule has 1 aliphatic rings. The highest BCUT2D eigenvalue weighted by Gasteiger charge is 2.39. The molecule has 0 atom stereocenters. The van der Waals surface area contributed by atoms with Gasteiger partial charge in [0.05, 0.1) is 0 Å². The average molecular weight is 232 g/mol. The number of carbonyl (C=O) groups excluding carboxylic acids is 1. The molecule has 1 aliphatic carbocycles. The van der Waals surface area contributed by atoms with Crippen molar-refractivity contribution in [3.05, 3.63) is 29.6 Å². The Kier molecular flexibility index (Phi) is 3.57. The third kappa shape index (κ3) is 2.25. The van der Waals surface area contributed by atoms with Gasteiger partial charge in [-0.2, -0.15) is 0 Å². The number of nitrogens with zero attached hydrogens (tertiary/aromatic N) is 1. The number of nitrogens with two attached hydrogens (primary N) is 1. The zero-order valence-electron chi connectivity index (χ0n) is 10.4. The molecule has 17 heavy (non-hydrogen) atoms. The maximum absolute atomic E-state index is 12.7. The summed E-state index contributed by atoms with van der Waals surface area (Å²) in [7, 11) is 0. The number of rotatable bonds is 3. The van der Waals surface area contributed by atoms with E-state index >= 15 is 0 Å². The third-order valence-electron chi connectivity index (χ3n) is 3.97. The Morgan fingerprint density at radius 3 is 2.71 bits per heavy atom. The van der Waals surface area contributed by atoms with E-state index in [0.29, 0.717) is 6.54 Å². The van der Waals surface area contributed by atoms with Crippen LogP contribution in [-0.2, 0) is 0 Å².